The zero-order chi connectivity index (χ0) is 25.2. The van der Waals surface area contributed by atoms with Gasteiger partial charge >= 0.3 is 6.16 Å². The van der Waals surface area contributed by atoms with Crippen LogP contribution in [-0.2, 0) is 27.1 Å². The monoisotopic (exact) mass is 487 g/mol. The maximum atomic E-state index is 11.2. The van der Waals surface area contributed by atoms with Gasteiger partial charge in [0.25, 0.3) is 5.79 Å². The highest BCUT2D eigenvalue weighted by Crippen LogP contribution is 2.37. The van der Waals surface area contributed by atoms with E-state index in [-0.39, 0.29) is 5.75 Å². The van der Waals surface area contributed by atoms with Gasteiger partial charge in [-0.25, -0.2) is 4.79 Å². The summed E-state index contributed by atoms with van der Waals surface area (Å²) in [6, 6.07) is 13.3. The Labute approximate surface area is 201 Å². The minimum Gasteiger partial charge on any atom is -0.454 e. The summed E-state index contributed by atoms with van der Waals surface area (Å²) in [5, 5.41) is 43.3. The number of nitrogens with one attached hydrogen (secondary N) is 1. The first kappa shape index (κ1) is 25.0. The van der Waals surface area contributed by atoms with Gasteiger partial charge in [0.2, 0.25) is 6.29 Å². The molecule has 0 amide bonds. The maximum absolute atomic E-state index is 11.2. The van der Waals surface area contributed by atoms with Gasteiger partial charge in [-0.3, -0.25) is 0 Å². The molecule has 3 aromatic rings. The fourth-order valence-corrected chi connectivity index (χ4v) is 4.13. The van der Waals surface area contributed by atoms with Gasteiger partial charge in [0.1, 0.15) is 24.6 Å². The summed E-state index contributed by atoms with van der Waals surface area (Å²) < 4.78 is 20.0. The molecule has 0 radical (unpaired) electrons. The Kier molecular flexibility index (Phi) is 7.29. The van der Waals surface area contributed by atoms with Crippen LogP contribution in [0.5, 0.6) is 5.75 Å². The fraction of sp³-hybridized carbons (Fsp3) is 0.400. The van der Waals surface area contributed by atoms with Crippen molar-refractivity contribution in [3.05, 3.63) is 65.4 Å². The molecule has 10 heteroatoms. The number of carbonyl (C=O) groups excluding carboxylic acids is 1. The lowest BCUT2D eigenvalue weighted by Crippen LogP contribution is -2.69. The predicted octanol–water partition coefficient (Wildman–Crippen LogP) is 1.61. The lowest BCUT2D eigenvalue weighted by molar-refractivity contribution is -0.385. The molecule has 0 bridgehead atoms. The van der Waals surface area contributed by atoms with Crippen LogP contribution in [0.4, 0.5) is 4.79 Å². The highest BCUT2D eigenvalue weighted by atomic mass is 16.7. The first-order chi connectivity index (χ1) is 16.8. The van der Waals surface area contributed by atoms with Crippen LogP contribution in [0.1, 0.15) is 23.6 Å². The summed E-state index contributed by atoms with van der Waals surface area (Å²) in [5.41, 5.74) is 3.89. The van der Waals surface area contributed by atoms with Crippen molar-refractivity contribution in [2.45, 2.75) is 50.2 Å². The van der Waals surface area contributed by atoms with Gasteiger partial charge < -0.3 is 44.4 Å². The van der Waals surface area contributed by atoms with Gasteiger partial charge in [0, 0.05) is 17.1 Å². The van der Waals surface area contributed by atoms with E-state index in [2.05, 4.69) is 28.8 Å². The van der Waals surface area contributed by atoms with Crippen LogP contribution < -0.4 is 4.74 Å². The van der Waals surface area contributed by atoms with E-state index in [9.17, 15) is 25.2 Å². The molecule has 10 nitrogen and oxygen atoms in total. The number of aromatic amines is 1. The van der Waals surface area contributed by atoms with Crippen molar-refractivity contribution in [1.82, 2.24) is 4.98 Å². The molecule has 35 heavy (non-hydrogen) atoms. The highest BCUT2D eigenvalue weighted by Gasteiger charge is 2.57. The number of aliphatic hydroxyl groups is 4. The molecule has 0 saturated carbocycles. The third-order valence-corrected chi connectivity index (χ3v) is 6.17. The Bertz CT molecular complexity index is 1160. The van der Waals surface area contributed by atoms with Crippen LogP contribution in [0.2, 0.25) is 0 Å². The van der Waals surface area contributed by atoms with E-state index in [0.717, 1.165) is 30.2 Å². The van der Waals surface area contributed by atoms with Gasteiger partial charge in [-0.05, 0) is 41.7 Å². The van der Waals surface area contributed by atoms with Crippen molar-refractivity contribution < 1.29 is 44.2 Å². The first-order valence-electron chi connectivity index (χ1n) is 11.2. The Morgan fingerprint density at radius 1 is 1.11 bits per heavy atom. The highest BCUT2D eigenvalue weighted by molar-refractivity contribution is 5.89. The smallest absolute Gasteiger partial charge is 0.454 e. The third-order valence-electron chi connectivity index (χ3n) is 6.17. The van der Waals surface area contributed by atoms with Crippen molar-refractivity contribution in [3.63, 3.8) is 0 Å². The molecular formula is C25H29NO9. The van der Waals surface area contributed by atoms with Gasteiger partial charge in [0.15, 0.2) is 6.10 Å². The molecule has 1 aliphatic rings. The Balaban J connectivity index is 1.58. The number of rotatable bonds is 7. The lowest BCUT2D eigenvalue weighted by Gasteiger charge is -2.45. The maximum Gasteiger partial charge on any atom is 0.508 e. The molecule has 2 heterocycles. The third kappa shape index (κ3) is 4.97. The topological polar surface area (TPSA) is 151 Å². The summed E-state index contributed by atoms with van der Waals surface area (Å²) in [5.74, 6) is -2.53. The van der Waals surface area contributed by atoms with Crippen molar-refractivity contribution in [2.24, 2.45) is 0 Å². The number of H-pyrrole nitrogens is 1. The minimum atomic E-state index is -2.70. The zero-order valence-corrected chi connectivity index (χ0v) is 19.4. The summed E-state index contributed by atoms with van der Waals surface area (Å²) in [6.45, 7) is 1.57. The molecule has 1 fully saturated rings. The van der Waals surface area contributed by atoms with Gasteiger partial charge in [-0.1, -0.05) is 37.3 Å². The Morgan fingerprint density at radius 2 is 1.83 bits per heavy atom. The number of benzene rings is 2. The number of hydrogen-bond acceptors (Lipinski definition) is 9. The summed E-state index contributed by atoms with van der Waals surface area (Å²) >= 11 is 0. The zero-order valence-electron chi connectivity index (χ0n) is 19.4. The second-order valence-electron chi connectivity index (χ2n) is 8.42. The van der Waals surface area contributed by atoms with Crippen LogP contribution in [-0.4, -0.2) is 75.7 Å². The summed E-state index contributed by atoms with van der Waals surface area (Å²) in [4.78, 5) is 14.4. The largest absolute Gasteiger partial charge is 0.508 e. The second-order valence-corrected chi connectivity index (χ2v) is 8.42. The molecule has 188 valence electrons. The normalized spacial score (nSPS) is 26.5. The molecule has 1 aromatic heterocycles. The fourth-order valence-electron chi connectivity index (χ4n) is 4.13. The number of aryl methyl sites for hydroxylation is 1. The first-order valence-corrected chi connectivity index (χ1v) is 11.2. The number of carbonyl (C=O) groups is 1. The molecule has 5 N–H and O–H groups in total. The van der Waals surface area contributed by atoms with Crippen LogP contribution in [0.25, 0.3) is 10.9 Å². The summed E-state index contributed by atoms with van der Waals surface area (Å²) in [7, 11) is 1.10. The van der Waals surface area contributed by atoms with Crippen molar-refractivity contribution in [3.8, 4) is 5.75 Å². The molecule has 1 aliphatic heterocycles. The van der Waals surface area contributed by atoms with E-state index < -0.39 is 43.2 Å². The molecule has 4 rings (SSSR count). The predicted molar refractivity (Wildman–Crippen MR) is 124 cm³/mol. The molecule has 1 unspecified atom stereocenters. The number of hydrogen-bond donors (Lipinski definition) is 5. The molecule has 5 atom stereocenters. The second kappa shape index (κ2) is 10.2. The number of fused-ring (bicyclic) bond motifs is 1. The molecule has 2 aromatic carbocycles. The molecule has 0 spiro atoms. The Hall–Kier alpha value is -3.15. The average Bonchev–Trinajstić information content (AvgIpc) is 3.28. The average molecular weight is 488 g/mol. The van der Waals surface area contributed by atoms with Gasteiger partial charge in [-0.15, -0.1) is 0 Å². The SMILES string of the molecule is CCc1ccc(Cc2c[nH]c3cccc(O[C@]4(O)C(O)O[C@H](COC(=O)OC)[C@@H](O)[C@@H]4O)c23)cc1. The lowest BCUT2D eigenvalue weighted by atomic mass is 9.95. The van der Waals surface area contributed by atoms with E-state index in [1.165, 1.54) is 5.56 Å². The minimum absolute atomic E-state index is 0.171. The van der Waals surface area contributed by atoms with Crippen molar-refractivity contribution in [1.29, 1.82) is 0 Å². The van der Waals surface area contributed by atoms with Crippen LogP contribution >= 0.6 is 0 Å². The van der Waals surface area contributed by atoms with E-state index in [1.54, 1.807) is 12.1 Å². The van der Waals surface area contributed by atoms with Crippen molar-refractivity contribution in [2.75, 3.05) is 13.7 Å². The standard InChI is InChI=1S/C25H29NO9/c1-3-14-7-9-15(10-8-14)11-16-12-26-17-5-4-6-18(20(16)17)35-25(31)22(28)21(27)19(34-23(25)29)13-33-24(30)32-2/h4-10,12,19,21-23,26-29,31H,3,11,13H2,1-2H3/t19-,21-,22+,23?,25+/m1/s1. The van der Waals surface area contributed by atoms with Crippen LogP contribution in [0.15, 0.2) is 48.7 Å². The van der Waals surface area contributed by atoms with Gasteiger partial charge in [-0.2, -0.15) is 0 Å². The van der Waals surface area contributed by atoms with Crippen LogP contribution in [0, 0.1) is 0 Å². The van der Waals surface area contributed by atoms with E-state index >= 15 is 0 Å². The quantitative estimate of drug-likeness (QED) is 0.247. The van der Waals surface area contributed by atoms with Gasteiger partial charge in [0.05, 0.1) is 7.11 Å². The number of ether oxygens (including phenoxy) is 4. The molecular weight excluding hydrogens is 458 g/mol. The number of aliphatic hydroxyl groups excluding tert-OH is 3. The molecule has 1 saturated heterocycles. The van der Waals surface area contributed by atoms with E-state index in [0.29, 0.717) is 11.8 Å². The van der Waals surface area contributed by atoms with Crippen molar-refractivity contribution >= 4 is 17.1 Å². The number of methoxy groups -OCH3 is 1. The number of aromatic nitrogens is 1. The van der Waals surface area contributed by atoms with E-state index in [4.69, 9.17) is 14.2 Å². The Morgan fingerprint density at radius 3 is 2.51 bits per heavy atom. The van der Waals surface area contributed by atoms with E-state index in [1.807, 2.05) is 24.4 Å². The molecule has 0 aliphatic carbocycles. The van der Waals surface area contributed by atoms with Crippen LogP contribution in [0.3, 0.4) is 0 Å². The summed E-state index contributed by atoms with van der Waals surface area (Å²) in [6.07, 6.45) is -4.81.